The number of halogens is 2. The molecular formula is C13H17BrFNO. The molecule has 0 aliphatic heterocycles. The second-order valence-electron chi connectivity index (χ2n) is 4.18. The summed E-state index contributed by atoms with van der Waals surface area (Å²) in [5.41, 5.74) is 0.718. The van der Waals surface area contributed by atoms with E-state index in [1.165, 1.54) is 12.1 Å². The number of alkyl halides is 1. The number of hydrogen-bond donors (Lipinski definition) is 0. The highest BCUT2D eigenvalue weighted by atomic mass is 79.9. The van der Waals surface area contributed by atoms with Gasteiger partial charge in [0, 0.05) is 17.9 Å². The van der Waals surface area contributed by atoms with Crippen LogP contribution in [0.4, 0.5) is 4.39 Å². The molecule has 0 radical (unpaired) electrons. The van der Waals surface area contributed by atoms with E-state index in [9.17, 15) is 9.18 Å². The molecule has 0 aliphatic carbocycles. The molecule has 0 atom stereocenters. The van der Waals surface area contributed by atoms with Crippen molar-refractivity contribution >= 4 is 21.8 Å². The topological polar surface area (TPSA) is 20.3 Å². The van der Waals surface area contributed by atoms with Gasteiger partial charge in [-0.1, -0.05) is 28.1 Å². The molecule has 0 bridgehead atoms. The number of nitrogens with zero attached hydrogens (tertiary/aromatic N) is 1. The third-order valence-electron chi connectivity index (χ3n) is 2.51. The van der Waals surface area contributed by atoms with E-state index in [0.717, 1.165) is 10.9 Å². The van der Waals surface area contributed by atoms with Crippen molar-refractivity contribution in [2.24, 2.45) is 0 Å². The predicted octanol–water partition coefficient (Wildman–Crippen LogP) is 3.00. The van der Waals surface area contributed by atoms with Gasteiger partial charge in [-0.25, -0.2) is 4.39 Å². The van der Waals surface area contributed by atoms with Crippen molar-refractivity contribution in [1.29, 1.82) is 0 Å². The summed E-state index contributed by atoms with van der Waals surface area (Å²) in [7, 11) is 0. The largest absolute Gasteiger partial charge is 0.339 e. The van der Waals surface area contributed by atoms with Crippen molar-refractivity contribution in [2.45, 2.75) is 26.3 Å². The molecule has 1 aromatic carbocycles. The van der Waals surface area contributed by atoms with Gasteiger partial charge in [0.15, 0.2) is 0 Å². The Labute approximate surface area is 110 Å². The number of benzene rings is 1. The first-order chi connectivity index (χ1) is 8.04. The lowest BCUT2D eigenvalue weighted by Crippen LogP contribution is -2.39. The maximum Gasteiger partial charge on any atom is 0.227 e. The maximum absolute atomic E-state index is 13.0. The fourth-order valence-corrected chi connectivity index (χ4v) is 2.07. The Kier molecular flexibility index (Phi) is 5.62. The SMILES string of the molecule is CC(C)N(CCBr)C(=O)Cc1cccc(F)c1. The van der Waals surface area contributed by atoms with Crippen molar-refractivity contribution in [3.8, 4) is 0 Å². The summed E-state index contributed by atoms with van der Waals surface area (Å²) >= 11 is 3.33. The molecule has 1 aromatic rings. The highest BCUT2D eigenvalue weighted by Gasteiger charge is 2.16. The van der Waals surface area contributed by atoms with E-state index in [1.54, 1.807) is 17.0 Å². The second-order valence-corrected chi connectivity index (χ2v) is 4.97. The molecule has 4 heteroatoms. The maximum atomic E-state index is 13.0. The molecule has 2 nitrogen and oxygen atoms in total. The average Bonchev–Trinajstić information content (AvgIpc) is 2.25. The Bertz CT molecular complexity index is 381. The third-order valence-corrected chi connectivity index (χ3v) is 2.87. The molecule has 0 aliphatic rings. The monoisotopic (exact) mass is 301 g/mol. The van der Waals surface area contributed by atoms with Gasteiger partial charge in [-0.3, -0.25) is 4.79 Å². The molecule has 17 heavy (non-hydrogen) atoms. The highest BCUT2D eigenvalue weighted by Crippen LogP contribution is 2.08. The molecule has 0 spiro atoms. The normalized spacial score (nSPS) is 10.6. The van der Waals surface area contributed by atoms with Crippen LogP contribution in [-0.4, -0.2) is 28.7 Å². The van der Waals surface area contributed by atoms with Gasteiger partial charge in [0.05, 0.1) is 6.42 Å². The van der Waals surface area contributed by atoms with Gasteiger partial charge >= 0.3 is 0 Å². The van der Waals surface area contributed by atoms with Gasteiger partial charge < -0.3 is 4.90 Å². The van der Waals surface area contributed by atoms with E-state index in [-0.39, 0.29) is 24.2 Å². The van der Waals surface area contributed by atoms with Crippen LogP contribution in [0.3, 0.4) is 0 Å². The van der Waals surface area contributed by atoms with Gasteiger partial charge in [0.2, 0.25) is 5.91 Å². The lowest BCUT2D eigenvalue weighted by molar-refractivity contribution is -0.131. The molecule has 0 saturated carbocycles. The zero-order valence-electron chi connectivity index (χ0n) is 10.1. The summed E-state index contributed by atoms with van der Waals surface area (Å²) in [6.45, 7) is 4.63. The molecule has 94 valence electrons. The minimum absolute atomic E-state index is 0.0325. The van der Waals surface area contributed by atoms with Crippen molar-refractivity contribution < 1.29 is 9.18 Å². The van der Waals surface area contributed by atoms with Crippen LogP contribution in [0.15, 0.2) is 24.3 Å². The van der Waals surface area contributed by atoms with E-state index in [2.05, 4.69) is 15.9 Å². The van der Waals surface area contributed by atoms with Crippen LogP contribution < -0.4 is 0 Å². The van der Waals surface area contributed by atoms with E-state index >= 15 is 0 Å². The fourth-order valence-electron chi connectivity index (χ4n) is 1.69. The van der Waals surface area contributed by atoms with Crippen LogP contribution in [-0.2, 0) is 11.2 Å². The Hall–Kier alpha value is -0.900. The average molecular weight is 302 g/mol. The smallest absolute Gasteiger partial charge is 0.227 e. The summed E-state index contributed by atoms with van der Waals surface area (Å²) in [6.07, 6.45) is 0.253. The van der Waals surface area contributed by atoms with E-state index in [0.29, 0.717) is 6.54 Å². The number of hydrogen-bond acceptors (Lipinski definition) is 1. The molecule has 0 heterocycles. The molecule has 0 unspecified atom stereocenters. The molecule has 1 rings (SSSR count). The van der Waals surface area contributed by atoms with Gasteiger partial charge in [-0.15, -0.1) is 0 Å². The molecule has 1 amide bonds. The van der Waals surface area contributed by atoms with Crippen LogP contribution in [0, 0.1) is 5.82 Å². The molecular weight excluding hydrogens is 285 g/mol. The lowest BCUT2D eigenvalue weighted by Gasteiger charge is -2.26. The lowest BCUT2D eigenvalue weighted by atomic mass is 10.1. The first kappa shape index (κ1) is 14.2. The molecule has 0 saturated heterocycles. The standard InChI is InChI=1S/C13H17BrFNO/c1-10(2)16(7-6-14)13(17)9-11-4-3-5-12(15)8-11/h3-5,8,10H,6-7,9H2,1-2H3. The zero-order chi connectivity index (χ0) is 12.8. The summed E-state index contributed by atoms with van der Waals surface area (Å²) < 4.78 is 13.0. The predicted molar refractivity (Wildman–Crippen MR) is 70.7 cm³/mol. The van der Waals surface area contributed by atoms with Crippen molar-refractivity contribution in [3.63, 3.8) is 0 Å². The third kappa shape index (κ3) is 4.46. The Morgan fingerprint density at radius 2 is 2.18 bits per heavy atom. The van der Waals surface area contributed by atoms with E-state index in [1.807, 2.05) is 13.8 Å². The minimum Gasteiger partial charge on any atom is -0.339 e. The summed E-state index contributed by atoms with van der Waals surface area (Å²) in [6, 6.07) is 6.35. The highest BCUT2D eigenvalue weighted by molar-refractivity contribution is 9.09. The summed E-state index contributed by atoms with van der Waals surface area (Å²) in [5, 5.41) is 0.750. The fraction of sp³-hybridized carbons (Fsp3) is 0.462. The quantitative estimate of drug-likeness (QED) is 0.766. The number of carbonyl (C=O) groups excluding carboxylic acids is 1. The van der Waals surface area contributed by atoms with Crippen LogP contribution in [0.5, 0.6) is 0 Å². The van der Waals surface area contributed by atoms with E-state index in [4.69, 9.17) is 0 Å². The molecule has 0 aromatic heterocycles. The Morgan fingerprint density at radius 1 is 1.47 bits per heavy atom. The number of carbonyl (C=O) groups is 1. The van der Waals surface area contributed by atoms with Crippen molar-refractivity contribution in [1.82, 2.24) is 4.90 Å². The zero-order valence-corrected chi connectivity index (χ0v) is 11.7. The van der Waals surface area contributed by atoms with Crippen molar-refractivity contribution in [3.05, 3.63) is 35.6 Å². The Balaban J connectivity index is 2.69. The van der Waals surface area contributed by atoms with Crippen LogP contribution in [0.25, 0.3) is 0 Å². The summed E-state index contributed by atoms with van der Waals surface area (Å²) in [5.74, 6) is -0.267. The second kappa shape index (κ2) is 6.74. The van der Waals surface area contributed by atoms with Crippen molar-refractivity contribution in [2.75, 3.05) is 11.9 Å². The van der Waals surface area contributed by atoms with Crippen LogP contribution >= 0.6 is 15.9 Å². The minimum atomic E-state index is -0.299. The molecule has 0 fully saturated rings. The van der Waals surface area contributed by atoms with Gasteiger partial charge in [-0.05, 0) is 31.5 Å². The summed E-state index contributed by atoms with van der Waals surface area (Å²) in [4.78, 5) is 13.8. The van der Waals surface area contributed by atoms with Gasteiger partial charge in [0.1, 0.15) is 5.82 Å². The first-order valence-corrected chi connectivity index (χ1v) is 6.76. The van der Waals surface area contributed by atoms with Crippen LogP contribution in [0.2, 0.25) is 0 Å². The Morgan fingerprint density at radius 3 is 2.71 bits per heavy atom. The van der Waals surface area contributed by atoms with Gasteiger partial charge in [-0.2, -0.15) is 0 Å². The number of amides is 1. The van der Waals surface area contributed by atoms with Gasteiger partial charge in [0.25, 0.3) is 0 Å². The first-order valence-electron chi connectivity index (χ1n) is 5.64. The number of rotatable bonds is 5. The van der Waals surface area contributed by atoms with Crippen LogP contribution in [0.1, 0.15) is 19.4 Å². The van der Waals surface area contributed by atoms with E-state index < -0.39 is 0 Å². The molecule has 0 N–H and O–H groups in total.